The van der Waals surface area contributed by atoms with Gasteiger partial charge in [-0.15, -0.1) is 0 Å². The molecule has 2 heterocycles. The highest BCUT2D eigenvalue weighted by Crippen LogP contribution is 2.04. The van der Waals surface area contributed by atoms with Crippen LogP contribution in [0.4, 0.5) is 0 Å². The SMILES string of the molecule is [2H]c1nc2c(c(=O)n(CCCC([2H])([2H])C([2H])(C)O)c(=O)n2C([2H])([2H])[2H])n1C([2H])([2H])[2H]. The van der Waals surface area contributed by atoms with Crippen LogP contribution in [0.3, 0.4) is 0 Å². The molecule has 7 heteroatoms. The van der Waals surface area contributed by atoms with Crippen molar-refractivity contribution in [1.82, 2.24) is 18.7 Å². The van der Waals surface area contributed by atoms with Gasteiger partial charge in [0.2, 0.25) is 0 Å². The number of nitrogens with zero attached hydrogens (tertiary/aromatic N) is 4. The van der Waals surface area contributed by atoms with Gasteiger partial charge in [0.25, 0.3) is 5.56 Å². The average Bonchev–Trinajstić information content (AvgIpc) is 2.84. The fraction of sp³-hybridized carbons (Fsp3) is 0.615. The van der Waals surface area contributed by atoms with Gasteiger partial charge < -0.3 is 9.67 Å². The zero-order valence-corrected chi connectivity index (χ0v) is 10.7. The highest BCUT2D eigenvalue weighted by Gasteiger charge is 2.14. The first kappa shape index (κ1) is 6.26. The maximum atomic E-state index is 12.9. The molecule has 0 saturated carbocycles. The summed E-state index contributed by atoms with van der Waals surface area (Å²) in [6, 6.07) is 0. The van der Waals surface area contributed by atoms with Gasteiger partial charge in [0.1, 0.15) is 1.37 Å². The third kappa shape index (κ3) is 2.53. The van der Waals surface area contributed by atoms with Crippen LogP contribution < -0.4 is 11.2 Å². The lowest BCUT2D eigenvalue weighted by atomic mass is 10.2. The maximum Gasteiger partial charge on any atom is 0.332 e. The first-order valence-electron chi connectivity index (χ1n) is 10.8. The van der Waals surface area contributed by atoms with Crippen LogP contribution in [-0.2, 0) is 20.5 Å². The lowest BCUT2D eigenvalue weighted by Crippen LogP contribution is -2.39. The molecule has 1 atom stereocenters. The summed E-state index contributed by atoms with van der Waals surface area (Å²) in [6.45, 7) is -5.79. The van der Waals surface area contributed by atoms with Crippen LogP contribution in [0.2, 0.25) is 0 Å². The Hall–Kier alpha value is -1.89. The van der Waals surface area contributed by atoms with E-state index in [9.17, 15) is 14.7 Å². The number of hydrogen-bond acceptors (Lipinski definition) is 4. The fourth-order valence-corrected chi connectivity index (χ4v) is 1.78. The van der Waals surface area contributed by atoms with E-state index in [0.717, 1.165) is 6.92 Å². The van der Waals surface area contributed by atoms with Gasteiger partial charge in [-0.25, -0.2) is 9.78 Å². The van der Waals surface area contributed by atoms with Crippen molar-refractivity contribution in [2.75, 3.05) is 0 Å². The van der Waals surface area contributed by atoms with Gasteiger partial charge in [-0.3, -0.25) is 13.9 Å². The van der Waals surface area contributed by atoms with Crippen LogP contribution in [0.5, 0.6) is 0 Å². The highest BCUT2D eigenvalue weighted by molar-refractivity contribution is 5.69. The zero-order chi connectivity index (χ0) is 23.4. The predicted octanol–water partition coefficient (Wildman–Crippen LogP) is -0.0152. The molecule has 0 fully saturated rings. The van der Waals surface area contributed by atoms with E-state index in [1.165, 1.54) is 0 Å². The molecule has 0 radical (unpaired) electrons. The molecule has 7 nitrogen and oxygen atoms in total. The van der Waals surface area contributed by atoms with Gasteiger partial charge in [0.15, 0.2) is 11.2 Å². The quantitative estimate of drug-likeness (QED) is 0.839. The molecular formula is C13H20N4O3. The minimum Gasteiger partial charge on any atom is -0.393 e. The van der Waals surface area contributed by atoms with Gasteiger partial charge in [0.05, 0.1) is 13.8 Å². The number of fused-ring (bicyclic) bond motifs is 1. The molecule has 2 aromatic heterocycles. The second kappa shape index (κ2) is 5.62. The Kier molecular flexibility index (Phi) is 1.76. The second-order valence-corrected chi connectivity index (χ2v) is 4.16. The smallest absolute Gasteiger partial charge is 0.332 e. The Balaban J connectivity index is 2.72. The molecule has 1 unspecified atom stereocenters. The van der Waals surface area contributed by atoms with Crippen molar-refractivity contribution in [3.05, 3.63) is 27.1 Å². The van der Waals surface area contributed by atoms with E-state index in [4.69, 9.17) is 13.7 Å². The third-order valence-corrected chi connectivity index (χ3v) is 2.71. The number of hydrogen-bond donors (Lipinski definition) is 1. The molecule has 20 heavy (non-hydrogen) atoms. The average molecular weight is 290 g/mol. The number of aromatic nitrogens is 4. The molecule has 0 aromatic carbocycles. The normalized spacial score (nSPS) is 23.9. The number of aryl methyl sites for hydroxylation is 2. The molecule has 0 aliphatic rings. The molecule has 0 amide bonds. The third-order valence-electron chi connectivity index (χ3n) is 2.71. The van der Waals surface area contributed by atoms with E-state index in [1.807, 2.05) is 0 Å². The fourth-order valence-electron chi connectivity index (χ4n) is 1.78. The van der Waals surface area contributed by atoms with Crippen molar-refractivity contribution in [1.29, 1.82) is 0 Å². The molecule has 0 bridgehead atoms. The summed E-state index contributed by atoms with van der Waals surface area (Å²) >= 11 is 0. The van der Waals surface area contributed by atoms with Gasteiger partial charge >= 0.3 is 5.69 Å². The van der Waals surface area contributed by atoms with Crippen molar-refractivity contribution < 1.29 is 18.8 Å². The number of rotatable bonds is 5. The van der Waals surface area contributed by atoms with Crippen LogP contribution in [0.15, 0.2) is 15.9 Å². The molecule has 2 rings (SSSR count). The van der Waals surface area contributed by atoms with Crippen LogP contribution >= 0.6 is 0 Å². The minimum absolute atomic E-state index is 0.138. The lowest BCUT2D eigenvalue weighted by molar-refractivity contribution is 0.180. The molecule has 0 spiro atoms. The second-order valence-electron chi connectivity index (χ2n) is 4.16. The summed E-state index contributed by atoms with van der Waals surface area (Å²) in [7, 11) is 0. The van der Waals surface area contributed by atoms with Crippen molar-refractivity contribution >= 4 is 11.2 Å². The summed E-state index contributed by atoms with van der Waals surface area (Å²) in [4.78, 5) is 29.1. The maximum absolute atomic E-state index is 12.9. The molecule has 0 aliphatic carbocycles. The topological polar surface area (TPSA) is 82.1 Å². The monoisotopic (exact) mass is 290 g/mol. The van der Waals surface area contributed by atoms with Crippen LogP contribution in [0.25, 0.3) is 11.2 Å². The lowest BCUT2D eigenvalue weighted by Gasteiger charge is -2.09. The van der Waals surface area contributed by atoms with Crippen molar-refractivity contribution in [2.24, 2.45) is 14.0 Å². The summed E-state index contributed by atoms with van der Waals surface area (Å²) < 4.78 is 76.6. The van der Waals surface area contributed by atoms with Gasteiger partial charge in [-0.05, 0) is 26.1 Å². The molecular weight excluding hydrogens is 260 g/mol. The Morgan fingerprint density at radius 3 is 3.00 bits per heavy atom. The van der Waals surface area contributed by atoms with E-state index < -0.39 is 68.1 Å². The Labute approximate surface area is 130 Å². The Morgan fingerprint density at radius 1 is 1.55 bits per heavy atom. The highest BCUT2D eigenvalue weighted by atomic mass is 16.3. The van der Waals surface area contributed by atoms with Crippen LogP contribution in [0.1, 0.15) is 39.8 Å². The summed E-state index contributed by atoms with van der Waals surface area (Å²) in [5, 5.41) is 9.56. The first-order chi connectivity index (χ1) is 13.3. The van der Waals surface area contributed by atoms with E-state index in [1.54, 1.807) is 0 Å². The summed E-state index contributed by atoms with van der Waals surface area (Å²) in [6.07, 6.45) is -6.50. The van der Waals surface area contributed by atoms with Crippen molar-refractivity contribution in [3.63, 3.8) is 0 Å². The van der Waals surface area contributed by atoms with Crippen LogP contribution in [-0.4, -0.2) is 29.9 Å². The standard InChI is InChI=1S/C13H20N4O3/c1-9(18)6-4-5-7-17-12(19)10-11(14-8-15(10)2)16(3)13(17)20/h8-9,18H,4-7H2,1-3H3/i2D3,3D3,6D2,8D,9D. The van der Waals surface area contributed by atoms with E-state index >= 15 is 0 Å². The van der Waals surface area contributed by atoms with E-state index in [0.29, 0.717) is 4.57 Å². The molecule has 0 saturated heterocycles. The first-order valence-corrected chi connectivity index (χ1v) is 5.79. The number of aliphatic hydroxyl groups is 1. The zero-order valence-electron chi connectivity index (χ0n) is 20.7. The van der Waals surface area contributed by atoms with E-state index in [-0.39, 0.29) is 15.6 Å². The molecule has 110 valence electrons. The summed E-state index contributed by atoms with van der Waals surface area (Å²) in [5.74, 6) is 0. The Bertz CT molecular complexity index is 1070. The van der Waals surface area contributed by atoms with Crippen molar-refractivity contribution in [2.45, 2.75) is 38.8 Å². The number of imidazole rings is 1. The largest absolute Gasteiger partial charge is 0.393 e. The van der Waals surface area contributed by atoms with E-state index in [2.05, 4.69) is 4.98 Å². The predicted molar refractivity (Wildman–Crippen MR) is 75.7 cm³/mol. The summed E-state index contributed by atoms with van der Waals surface area (Å²) in [5.41, 5.74) is -4.07. The Morgan fingerprint density at radius 2 is 2.35 bits per heavy atom. The molecule has 1 N–H and O–H groups in total. The molecule has 0 aliphatic heterocycles. The van der Waals surface area contributed by atoms with Gasteiger partial charge in [-0.1, -0.05) is 0 Å². The molecule has 2 aromatic rings. The van der Waals surface area contributed by atoms with Gasteiger partial charge in [-0.2, -0.15) is 0 Å². The minimum atomic E-state index is -3.15. The van der Waals surface area contributed by atoms with Gasteiger partial charge in [0, 0.05) is 31.5 Å². The van der Waals surface area contributed by atoms with Crippen LogP contribution in [0, 0.1) is 0 Å². The van der Waals surface area contributed by atoms with Crippen molar-refractivity contribution in [3.8, 4) is 0 Å².